The van der Waals surface area contributed by atoms with Gasteiger partial charge in [0.25, 0.3) is 11.5 Å². The normalized spacial score (nSPS) is 13.5. The zero-order chi connectivity index (χ0) is 26.1. The summed E-state index contributed by atoms with van der Waals surface area (Å²) in [4.78, 5) is 55.9. The molecule has 3 heterocycles. The number of aromatic amines is 3. The highest BCUT2D eigenvalue weighted by molar-refractivity contribution is 6.36. The Labute approximate surface area is 213 Å². The molecule has 0 aliphatic carbocycles. The van der Waals surface area contributed by atoms with Crippen LogP contribution in [0.15, 0.2) is 64.3 Å². The lowest BCUT2D eigenvalue weighted by molar-refractivity contribution is -0.120. The van der Waals surface area contributed by atoms with Crippen molar-refractivity contribution in [2.75, 3.05) is 5.32 Å². The molecule has 11 heteroatoms. The number of carbonyl (C=O) groups excluding carboxylic acids is 2. The first-order valence-electron chi connectivity index (χ1n) is 11.2. The summed E-state index contributed by atoms with van der Waals surface area (Å²) in [5.41, 5.74) is 2.73. The van der Waals surface area contributed by atoms with Crippen LogP contribution in [0.4, 0.5) is 10.1 Å². The van der Waals surface area contributed by atoms with Gasteiger partial charge in [-0.3, -0.25) is 19.4 Å². The van der Waals surface area contributed by atoms with E-state index in [9.17, 15) is 23.6 Å². The molecule has 0 spiro atoms. The van der Waals surface area contributed by atoms with Crippen LogP contribution in [0, 0.1) is 5.82 Å². The summed E-state index contributed by atoms with van der Waals surface area (Å²) >= 11 is 6.19. The number of carbonyl (C=O) groups is 2. The van der Waals surface area contributed by atoms with Crippen LogP contribution in [-0.2, 0) is 22.6 Å². The number of H-pyrrole nitrogens is 3. The number of benzene rings is 2. The van der Waals surface area contributed by atoms with E-state index >= 15 is 0 Å². The van der Waals surface area contributed by atoms with Gasteiger partial charge >= 0.3 is 5.69 Å². The van der Waals surface area contributed by atoms with Crippen molar-refractivity contribution in [2.24, 2.45) is 0 Å². The van der Waals surface area contributed by atoms with E-state index < -0.39 is 23.0 Å². The first-order chi connectivity index (χ1) is 17.8. The fraction of sp³-hybridized carbons (Fsp3) is 0.0769. The molecular weight excluding hydrogens is 501 g/mol. The quantitative estimate of drug-likeness (QED) is 0.249. The Bertz CT molecular complexity index is 1700. The molecule has 9 nitrogen and oxygen atoms in total. The molecule has 0 saturated carbocycles. The minimum absolute atomic E-state index is 0.0910. The van der Waals surface area contributed by atoms with Gasteiger partial charge in [0.2, 0.25) is 5.91 Å². The highest BCUT2D eigenvalue weighted by Gasteiger charge is 2.28. The van der Waals surface area contributed by atoms with Gasteiger partial charge in [0, 0.05) is 29.7 Å². The number of aromatic nitrogens is 3. The Kier molecular flexibility index (Phi) is 6.33. The van der Waals surface area contributed by atoms with Crippen molar-refractivity contribution in [3.8, 4) is 11.1 Å². The van der Waals surface area contributed by atoms with E-state index in [1.807, 2.05) is 0 Å². The zero-order valence-electron chi connectivity index (χ0n) is 19.1. The van der Waals surface area contributed by atoms with Crippen LogP contribution in [0.1, 0.15) is 22.4 Å². The summed E-state index contributed by atoms with van der Waals surface area (Å²) in [6.07, 6.45) is 2.74. The maximum atomic E-state index is 13.9. The van der Waals surface area contributed by atoms with E-state index in [0.717, 1.165) is 0 Å². The predicted octanol–water partition coefficient (Wildman–Crippen LogP) is 3.20. The summed E-state index contributed by atoms with van der Waals surface area (Å²) < 4.78 is 13.9. The molecule has 2 aromatic heterocycles. The third-order valence-corrected chi connectivity index (χ3v) is 6.08. The highest BCUT2D eigenvalue weighted by atomic mass is 35.5. The van der Waals surface area contributed by atoms with Crippen molar-refractivity contribution < 1.29 is 14.0 Å². The van der Waals surface area contributed by atoms with E-state index in [-0.39, 0.29) is 29.6 Å². The Hall–Kier alpha value is -4.70. The summed E-state index contributed by atoms with van der Waals surface area (Å²) in [6, 6.07) is 13.0. The molecule has 0 radical (unpaired) electrons. The zero-order valence-corrected chi connectivity index (χ0v) is 19.8. The molecule has 0 bridgehead atoms. The number of halogens is 2. The van der Waals surface area contributed by atoms with E-state index in [4.69, 9.17) is 11.6 Å². The number of amides is 2. The van der Waals surface area contributed by atoms with Crippen LogP contribution >= 0.6 is 11.6 Å². The largest absolute Gasteiger partial charge is 0.351 e. The standard InChI is InChI=1S/C26H19ClFN5O4/c27-21-8-14(9-22(34)29-11-15-12-30-26(37)33-24(15)35)20(31-21)10-18-23-17(13-3-1-4-16(28)7-13)5-2-6-19(23)32-25(18)36/h1-8,10,12,31H,9,11H2,(H,29,34)(H,32,36)(H2,30,33,35,37)/b18-10-. The second-order valence-corrected chi connectivity index (χ2v) is 8.76. The van der Waals surface area contributed by atoms with Crippen LogP contribution < -0.4 is 21.9 Å². The molecule has 186 valence electrons. The number of nitrogens with one attached hydrogen (secondary N) is 5. The van der Waals surface area contributed by atoms with Gasteiger partial charge < -0.3 is 20.6 Å². The fourth-order valence-corrected chi connectivity index (χ4v) is 4.41. The molecule has 2 aromatic carbocycles. The van der Waals surface area contributed by atoms with Crippen LogP contribution in [0.5, 0.6) is 0 Å². The van der Waals surface area contributed by atoms with Crippen LogP contribution in [0.2, 0.25) is 5.15 Å². The van der Waals surface area contributed by atoms with Crippen molar-refractivity contribution in [1.29, 1.82) is 0 Å². The molecule has 1 aliphatic rings. The molecule has 5 N–H and O–H groups in total. The average molecular weight is 520 g/mol. The summed E-state index contributed by atoms with van der Waals surface area (Å²) in [7, 11) is 0. The number of anilines is 1. The molecule has 0 atom stereocenters. The monoisotopic (exact) mass is 519 g/mol. The van der Waals surface area contributed by atoms with E-state index in [2.05, 4.69) is 25.6 Å². The van der Waals surface area contributed by atoms with Gasteiger partial charge in [-0.05, 0) is 47.0 Å². The van der Waals surface area contributed by atoms with Crippen LogP contribution in [0.25, 0.3) is 22.8 Å². The van der Waals surface area contributed by atoms with Gasteiger partial charge in [0.15, 0.2) is 0 Å². The van der Waals surface area contributed by atoms with Gasteiger partial charge in [-0.25, -0.2) is 9.18 Å². The van der Waals surface area contributed by atoms with Gasteiger partial charge in [0.1, 0.15) is 11.0 Å². The molecule has 5 rings (SSSR count). The smallest absolute Gasteiger partial charge is 0.325 e. The minimum atomic E-state index is -0.641. The fourth-order valence-electron chi connectivity index (χ4n) is 4.18. The summed E-state index contributed by atoms with van der Waals surface area (Å²) in [6.45, 7) is -0.0910. The second kappa shape index (κ2) is 9.75. The number of rotatable bonds is 6. The molecular formula is C26H19ClFN5O4. The Morgan fingerprint density at radius 2 is 1.84 bits per heavy atom. The van der Waals surface area contributed by atoms with Gasteiger partial charge in [-0.2, -0.15) is 0 Å². The lowest BCUT2D eigenvalue weighted by atomic mass is 9.94. The molecule has 4 aromatic rings. The van der Waals surface area contributed by atoms with E-state index in [1.165, 1.54) is 18.3 Å². The lowest BCUT2D eigenvalue weighted by Gasteiger charge is -2.09. The first-order valence-corrected chi connectivity index (χ1v) is 11.5. The van der Waals surface area contributed by atoms with Crippen LogP contribution in [-0.4, -0.2) is 26.8 Å². The summed E-state index contributed by atoms with van der Waals surface area (Å²) in [5, 5.41) is 5.71. The molecule has 1 aliphatic heterocycles. The molecule has 0 fully saturated rings. The maximum Gasteiger partial charge on any atom is 0.325 e. The topological polar surface area (TPSA) is 140 Å². The van der Waals surface area contributed by atoms with E-state index in [0.29, 0.717) is 39.2 Å². The molecule has 2 amide bonds. The van der Waals surface area contributed by atoms with Crippen molar-refractivity contribution in [3.63, 3.8) is 0 Å². The SMILES string of the molecule is O=C(Cc1cc(Cl)[nH]c1/C=C1\C(=O)Nc2cccc(-c3cccc(F)c3)c21)NCc1c[nH]c(=O)[nH]c1=O. The van der Waals surface area contributed by atoms with E-state index in [1.54, 1.807) is 42.5 Å². The summed E-state index contributed by atoms with van der Waals surface area (Å²) in [5.74, 6) is -1.15. The van der Waals surface area contributed by atoms with Crippen LogP contribution in [0.3, 0.4) is 0 Å². The number of hydrogen-bond acceptors (Lipinski definition) is 4. The number of hydrogen-bond donors (Lipinski definition) is 5. The van der Waals surface area contributed by atoms with Crippen molar-refractivity contribution in [2.45, 2.75) is 13.0 Å². The second-order valence-electron chi connectivity index (χ2n) is 8.36. The third kappa shape index (κ3) is 5.00. The van der Waals surface area contributed by atoms with Gasteiger partial charge in [-0.15, -0.1) is 0 Å². The average Bonchev–Trinajstić information content (AvgIpc) is 3.36. The Morgan fingerprint density at radius 3 is 2.62 bits per heavy atom. The molecule has 0 saturated heterocycles. The molecule has 37 heavy (non-hydrogen) atoms. The predicted molar refractivity (Wildman–Crippen MR) is 137 cm³/mol. The van der Waals surface area contributed by atoms with Gasteiger partial charge in [0.05, 0.1) is 17.6 Å². The van der Waals surface area contributed by atoms with Crippen molar-refractivity contribution in [1.82, 2.24) is 20.3 Å². The van der Waals surface area contributed by atoms with Crippen molar-refractivity contribution >= 4 is 40.8 Å². The van der Waals surface area contributed by atoms with Crippen molar-refractivity contribution in [3.05, 3.63) is 109 Å². The highest BCUT2D eigenvalue weighted by Crippen LogP contribution is 2.40. The molecule has 0 unspecified atom stereocenters. The maximum absolute atomic E-state index is 13.9. The lowest BCUT2D eigenvalue weighted by Crippen LogP contribution is -2.31. The van der Waals surface area contributed by atoms with Gasteiger partial charge in [-0.1, -0.05) is 35.9 Å². The first kappa shape index (κ1) is 24.0. The Morgan fingerprint density at radius 1 is 1.03 bits per heavy atom. The Balaban J connectivity index is 1.44. The minimum Gasteiger partial charge on any atom is -0.351 e. The third-order valence-electron chi connectivity index (χ3n) is 5.88. The number of fused-ring (bicyclic) bond motifs is 1.